The molecule has 1 saturated heterocycles. The van der Waals surface area contributed by atoms with E-state index in [1.165, 1.54) is 17.4 Å². The van der Waals surface area contributed by atoms with E-state index in [9.17, 15) is 19.2 Å². The van der Waals surface area contributed by atoms with E-state index in [0.717, 1.165) is 0 Å². The van der Waals surface area contributed by atoms with Crippen molar-refractivity contribution >= 4 is 23.7 Å². The van der Waals surface area contributed by atoms with Gasteiger partial charge in [0.05, 0.1) is 12.4 Å². The summed E-state index contributed by atoms with van der Waals surface area (Å²) in [7, 11) is 0. The van der Waals surface area contributed by atoms with Gasteiger partial charge in [0.25, 0.3) is 0 Å². The van der Waals surface area contributed by atoms with Gasteiger partial charge in [0.15, 0.2) is 0 Å². The van der Waals surface area contributed by atoms with E-state index in [0.29, 0.717) is 25.1 Å². The largest absolute Gasteiger partial charge is 0.481 e. The topological polar surface area (TPSA) is 184 Å². The van der Waals surface area contributed by atoms with Crippen LogP contribution in [0.25, 0.3) is 0 Å². The highest BCUT2D eigenvalue weighted by molar-refractivity contribution is 5.93. The van der Waals surface area contributed by atoms with Crippen LogP contribution < -0.4 is 16.8 Å². The van der Waals surface area contributed by atoms with Gasteiger partial charge in [-0.2, -0.15) is 0 Å². The number of carboxylic acids is 1. The van der Waals surface area contributed by atoms with Gasteiger partial charge in [0.1, 0.15) is 12.1 Å². The number of primary amides is 1. The molecular weight excluding hydrogens is 356 g/mol. The predicted octanol–water partition coefficient (Wildman–Crippen LogP) is -1.89. The van der Waals surface area contributed by atoms with Gasteiger partial charge in [0, 0.05) is 31.3 Å². The molecule has 1 aliphatic heterocycles. The Morgan fingerprint density at radius 3 is 2.74 bits per heavy atom. The maximum absolute atomic E-state index is 12.9. The Morgan fingerprint density at radius 2 is 2.15 bits per heavy atom. The van der Waals surface area contributed by atoms with Crippen LogP contribution in [-0.4, -0.2) is 68.3 Å². The molecule has 1 fully saturated rings. The van der Waals surface area contributed by atoms with Crippen LogP contribution in [-0.2, 0) is 25.6 Å². The summed E-state index contributed by atoms with van der Waals surface area (Å²) in [6.45, 7) is 0.368. The number of nitrogens with two attached hydrogens (primary N) is 2. The number of nitrogens with zero attached hydrogens (tertiary/aromatic N) is 2. The molecule has 11 heteroatoms. The molecule has 11 nitrogen and oxygen atoms in total. The lowest BCUT2D eigenvalue weighted by Crippen LogP contribution is -2.56. The van der Waals surface area contributed by atoms with Crippen molar-refractivity contribution in [3.8, 4) is 0 Å². The molecule has 1 aliphatic rings. The lowest BCUT2D eigenvalue weighted by atomic mass is 10.1. The molecule has 0 spiro atoms. The molecule has 7 N–H and O–H groups in total. The SMILES string of the molecule is NC(=O)[C@@H]1CCCN1C(=O)[C@H](Cc1cnc[nH]1)NC(=O)[C@@H](N)CCC(=O)O. The van der Waals surface area contributed by atoms with Crippen molar-refractivity contribution < 1.29 is 24.3 Å². The van der Waals surface area contributed by atoms with E-state index in [1.54, 1.807) is 0 Å². The zero-order valence-electron chi connectivity index (χ0n) is 14.8. The second kappa shape index (κ2) is 9.12. The molecule has 0 aromatic carbocycles. The van der Waals surface area contributed by atoms with E-state index >= 15 is 0 Å². The second-order valence-electron chi connectivity index (χ2n) is 6.47. The number of carbonyl (C=O) groups is 4. The smallest absolute Gasteiger partial charge is 0.303 e. The van der Waals surface area contributed by atoms with Crippen molar-refractivity contribution in [2.75, 3.05) is 6.54 Å². The van der Waals surface area contributed by atoms with Crippen molar-refractivity contribution in [3.63, 3.8) is 0 Å². The lowest BCUT2D eigenvalue weighted by Gasteiger charge is -2.28. The van der Waals surface area contributed by atoms with Gasteiger partial charge in [0.2, 0.25) is 17.7 Å². The third-order valence-corrected chi connectivity index (χ3v) is 4.46. The van der Waals surface area contributed by atoms with E-state index < -0.39 is 41.8 Å². The highest BCUT2D eigenvalue weighted by Gasteiger charge is 2.37. The van der Waals surface area contributed by atoms with Crippen molar-refractivity contribution in [2.24, 2.45) is 11.5 Å². The van der Waals surface area contributed by atoms with Gasteiger partial charge < -0.3 is 31.8 Å². The van der Waals surface area contributed by atoms with Gasteiger partial charge in [-0.1, -0.05) is 0 Å². The highest BCUT2D eigenvalue weighted by atomic mass is 16.4. The number of aromatic nitrogens is 2. The van der Waals surface area contributed by atoms with Crippen molar-refractivity contribution in [1.29, 1.82) is 0 Å². The molecule has 3 amide bonds. The number of hydrogen-bond acceptors (Lipinski definition) is 6. The number of rotatable bonds is 9. The molecule has 0 radical (unpaired) electrons. The van der Waals surface area contributed by atoms with Gasteiger partial charge in [-0.05, 0) is 19.3 Å². The molecular formula is C16H24N6O5. The van der Waals surface area contributed by atoms with Crippen LogP contribution in [0.4, 0.5) is 0 Å². The van der Waals surface area contributed by atoms with Crippen LogP contribution in [0.1, 0.15) is 31.4 Å². The van der Waals surface area contributed by atoms with Crippen LogP contribution in [0.3, 0.4) is 0 Å². The minimum atomic E-state index is -1.07. The summed E-state index contributed by atoms with van der Waals surface area (Å²) in [6.07, 6.45) is 3.89. The first-order valence-electron chi connectivity index (χ1n) is 8.64. The molecule has 1 aromatic rings. The van der Waals surface area contributed by atoms with Crippen LogP contribution in [0, 0.1) is 0 Å². The minimum absolute atomic E-state index is 0.0558. The summed E-state index contributed by atoms with van der Waals surface area (Å²) in [6, 6.07) is -2.75. The molecule has 0 aliphatic carbocycles. The van der Waals surface area contributed by atoms with E-state index in [2.05, 4.69) is 15.3 Å². The summed E-state index contributed by atoms with van der Waals surface area (Å²) in [5.74, 6) is -2.73. The average molecular weight is 380 g/mol. The average Bonchev–Trinajstić information content (AvgIpc) is 3.29. The minimum Gasteiger partial charge on any atom is -0.481 e. The Labute approximate surface area is 155 Å². The van der Waals surface area contributed by atoms with Crippen LogP contribution in [0.15, 0.2) is 12.5 Å². The maximum Gasteiger partial charge on any atom is 0.303 e. The monoisotopic (exact) mass is 380 g/mol. The fraction of sp³-hybridized carbons (Fsp3) is 0.562. The zero-order chi connectivity index (χ0) is 20.0. The van der Waals surface area contributed by atoms with E-state index in [1.807, 2.05) is 0 Å². The summed E-state index contributed by atoms with van der Waals surface area (Å²) < 4.78 is 0. The van der Waals surface area contributed by atoms with Gasteiger partial charge in [-0.15, -0.1) is 0 Å². The Bertz CT molecular complexity index is 691. The quantitative estimate of drug-likeness (QED) is 0.331. The number of amides is 3. The Morgan fingerprint density at radius 1 is 1.41 bits per heavy atom. The first-order valence-corrected chi connectivity index (χ1v) is 8.64. The van der Waals surface area contributed by atoms with Gasteiger partial charge in [-0.3, -0.25) is 19.2 Å². The number of likely N-dealkylation sites (tertiary alicyclic amines) is 1. The Balaban J connectivity index is 2.11. The van der Waals surface area contributed by atoms with Crippen LogP contribution in [0.2, 0.25) is 0 Å². The van der Waals surface area contributed by atoms with E-state index in [4.69, 9.17) is 16.6 Å². The number of aliphatic carboxylic acids is 1. The Hall–Kier alpha value is -2.95. The highest BCUT2D eigenvalue weighted by Crippen LogP contribution is 2.19. The third-order valence-electron chi connectivity index (χ3n) is 4.46. The summed E-state index contributed by atoms with van der Waals surface area (Å²) in [5, 5.41) is 11.3. The molecule has 27 heavy (non-hydrogen) atoms. The molecule has 0 unspecified atom stereocenters. The number of imidazole rings is 1. The molecule has 3 atom stereocenters. The number of aromatic amines is 1. The first-order chi connectivity index (χ1) is 12.8. The molecule has 1 aromatic heterocycles. The van der Waals surface area contributed by atoms with Crippen molar-refractivity contribution in [1.82, 2.24) is 20.2 Å². The molecule has 0 bridgehead atoms. The molecule has 0 saturated carbocycles. The first kappa shape index (κ1) is 20.4. The standard InChI is InChI=1S/C16H24N6O5/c17-10(3-4-13(23)24)15(26)21-11(6-9-7-19-8-20-9)16(27)22-5-1-2-12(22)14(18)25/h7-8,10-12H,1-6,17H2,(H2,18,25)(H,19,20)(H,21,26)(H,23,24)/t10-,11-,12-/m0/s1. The van der Waals surface area contributed by atoms with Crippen LogP contribution in [0.5, 0.6) is 0 Å². The third kappa shape index (κ3) is 5.51. The number of carboxylic acid groups (broad SMARTS) is 1. The maximum atomic E-state index is 12.9. The fourth-order valence-corrected chi connectivity index (χ4v) is 3.03. The summed E-state index contributed by atoms with van der Waals surface area (Å²) in [5.41, 5.74) is 11.7. The molecule has 2 heterocycles. The number of nitrogens with one attached hydrogen (secondary N) is 2. The number of H-pyrrole nitrogens is 1. The summed E-state index contributed by atoms with van der Waals surface area (Å²) in [4.78, 5) is 55.6. The van der Waals surface area contributed by atoms with Crippen molar-refractivity contribution in [2.45, 2.75) is 50.2 Å². The Kier molecular flexibility index (Phi) is 6.88. The molecule has 148 valence electrons. The van der Waals surface area contributed by atoms with E-state index in [-0.39, 0.29) is 19.3 Å². The fourth-order valence-electron chi connectivity index (χ4n) is 3.03. The lowest BCUT2D eigenvalue weighted by molar-refractivity contribution is -0.141. The second-order valence-corrected chi connectivity index (χ2v) is 6.47. The van der Waals surface area contributed by atoms with Crippen molar-refractivity contribution in [3.05, 3.63) is 18.2 Å². The normalized spacial score (nSPS) is 18.7. The van der Waals surface area contributed by atoms with Gasteiger partial charge >= 0.3 is 5.97 Å². The number of carbonyl (C=O) groups excluding carboxylic acids is 3. The number of hydrogen-bond donors (Lipinski definition) is 5. The van der Waals surface area contributed by atoms with Gasteiger partial charge in [-0.25, -0.2) is 4.98 Å². The summed E-state index contributed by atoms with van der Waals surface area (Å²) >= 11 is 0. The molecule has 2 rings (SSSR count). The predicted molar refractivity (Wildman–Crippen MR) is 93.0 cm³/mol. The zero-order valence-corrected chi connectivity index (χ0v) is 14.8. The van der Waals surface area contributed by atoms with Crippen LogP contribution >= 0.6 is 0 Å².